The van der Waals surface area contributed by atoms with Crippen molar-refractivity contribution in [1.82, 2.24) is 10.2 Å². The molecule has 0 heterocycles. The summed E-state index contributed by atoms with van der Waals surface area (Å²) in [6.45, 7) is 4.82. The van der Waals surface area contributed by atoms with Crippen LogP contribution in [0, 0.1) is 0 Å². The minimum atomic E-state index is -0.348. The lowest BCUT2D eigenvalue weighted by Gasteiger charge is -2.21. The molecule has 15 heavy (non-hydrogen) atoms. The maximum absolute atomic E-state index is 11.5. The highest BCUT2D eigenvalue weighted by Crippen LogP contribution is 1.98. The highest BCUT2D eigenvalue weighted by Gasteiger charge is 2.13. The molecule has 0 fully saturated rings. The average Bonchev–Trinajstić information content (AvgIpc) is 2.21. The topological polar surface area (TPSA) is 58.4 Å². The number of unbranched alkanes of at least 4 members (excludes halogenated alkanes) is 1. The molecule has 0 rings (SSSR count). The van der Waals surface area contributed by atoms with E-state index in [-0.39, 0.29) is 11.9 Å². The van der Waals surface area contributed by atoms with Crippen LogP contribution in [0.25, 0.3) is 0 Å². The van der Waals surface area contributed by atoms with Crippen LogP contribution < -0.4 is 11.1 Å². The minimum Gasteiger partial charge on any atom is -0.353 e. The first-order chi connectivity index (χ1) is 6.99. The Morgan fingerprint density at radius 2 is 2.07 bits per heavy atom. The summed E-state index contributed by atoms with van der Waals surface area (Å²) in [5.74, 6) is -0.0304. The third-order valence-corrected chi connectivity index (χ3v) is 2.66. The number of likely N-dealkylation sites (N-methyl/N-ethyl adjacent to an activating group) is 1. The van der Waals surface area contributed by atoms with Crippen LogP contribution in [0.15, 0.2) is 0 Å². The van der Waals surface area contributed by atoms with Gasteiger partial charge in [-0.2, -0.15) is 0 Å². The molecule has 4 heteroatoms. The van der Waals surface area contributed by atoms with Crippen molar-refractivity contribution in [2.24, 2.45) is 5.73 Å². The van der Waals surface area contributed by atoms with Crippen molar-refractivity contribution < 1.29 is 4.79 Å². The number of hydrogen-bond acceptors (Lipinski definition) is 3. The summed E-state index contributed by atoms with van der Waals surface area (Å²) >= 11 is 0. The van der Waals surface area contributed by atoms with Gasteiger partial charge in [-0.15, -0.1) is 0 Å². The van der Waals surface area contributed by atoms with Crippen molar-refractivity contribution >= 4 is 5.91 Å². The van der Waals surface area contributed by atoms with Gasteiger partial charge in [0.25, 0.3) is 0 Å². The van der Waals surface area contributed by atoms with E-state index >= 15 is 0 Å². The fourth-order valence-corrected chi connectivity index (χ4v) is 1.12. The van der Waals surface area contributed by atoms with Gasteiger partial charge in [0.1, 0.15) is 0 Å². The van der Waals surface area contributed by atoms with Crippen LogP contribution in [-0.2, 0) is 4.79 Å². The van der Waals surface area contributed by atoms with E-state index < -0.39 is 0 Å². The van der Waals surface area contributed by atoms with Crippen molar-refractivity contribution in [2.75, 3.05) is 20.6 Å². The van der Waals surface area contributed by atoms with Crippen LogP contribution in [0.2, 0.25) is 0 Å². The van der Waals surface area contributed by atoms with Gasteiger partial charge in [-0.1, -0.05) is 19.8 Å². The lowest BCUT2D eigenvalue weighted by atomic mass is 10.1. The van der Waals surface area contributed by atoms with Crippen molar-refractivity contribution in [3.8, 4) is 0 Å². The number of rotatable bonds is 7. The van der Waals surface area contributed by atoms with Crippen LogP contribution in [-0.4, -0.2) is 43.5 Å². The first-order valence-corrected chi connectivity index (χ1v) is 5.68. The van der Waals surface area contributed by atoms with Gasteiger partial charge in [0, 0.05) is 12.6 Å². The number of carbonyl (C=O) groups excluding carboxylic acids is 1. The Kier molecular flexibility index (Phi) is 7.34. The summed E-state index contributed by atoms with van der Waals surface area (Å²) in [4.78, 5) is 13.6. The fourth-order valence-electron chi connectivity index (χ4n) is 1.12. The second-order valence-corrected chi connectivity index (χ2v) is 4.31. The molecule has 0 bridgehead atoms. The highest BCUT2D eigenvalue weighted by molar-refractivity contribution is 5.81. The zero-order chi connectivity index (χ0) is 11.8. The Hall–Kier alpha value is -0.610. The predicted molar refractivity (Wildman–Crippen MR) is 63.7 cm³/mol. The zero-order valence-corrected chi connectivity index (χ0v) is 10.4. The van der Waals surface area contributed by atoms with Crippen LogP contribution in [0.4, 0.5) is 0 Å². The smallest absolute Gasteiger partial charge is 0.236 e. The molecule has 0 saturated carbocycles. The molecule has 0 aromatic heterocycles. The van der Waals surface area contributed by atoms with E-state index in [2.05, 4.69) is 24.1 Å². The molecule has 0 saturated heterocycles. The molecule has 90 valence electrons. The number of nitrogens with two attached hydrogens (primary N) is 1. The summed E-state index contributed by atoms with van der Waals surface area (Å²) in [6, 6.07) is -0.00774. The lowest BCUT2D eigenvalue weighted by molar-refractivity contribution is -0.122. The third-order valence-electron chi connectivity index (χ3n) is 2.66. The summed E-state index contributed by atoms with van der Waals surface area (Å²) in [7, 11) is 3.99. The summed E-state index contributed by atoms with van der Waals surface area (Å²) < 4.78 is 0. The van der Waals surface area contributed by atoms with E-state index in [1.807, 2.05) is 14.1 Å². The van der Waals surface area contributed by atoms with Gasteiger partial charge in [-0.3, -0.25) is 4.79 Å². The van der Waals surface area contributed by atoms with E-state index in [0.29, 0.717) is 12.6 Å². The van der Waals surface area contributed by atoms with E-state index in [4.69, 9.17) is 5.73 Å². The molecule has 1 unspecified atom stereocenters. The standard InChI is InChI=1S/C11H25N3O/c1-5-6-7-10(12)11(15)13-8-9(2)14(3)4/h9-10H,5-8,12H2,1-4H3,(H,13,15)/t9?,10-/m0/s1. The summed E-state index contributed by atoms with van der Waals surface area (Å²) in [6.07, 6.45) is 2.87. The molecule has 0 aliphatic heterocycles. The van der Waals surface area contributed by atoms with Crippen molar-refractivity contribution in [1.29, 1.82) is 0 Å². The molecule has 0 aliphatic carbocycles. The maximum atomic E-state index is 11.5. The number of carbonyl (C=O) groups is 1. The Balaban J connectivity index is 3.73. The molecule has 0 aliphatic rings. The maximum Gasteiger partial charge on any atom is 0.236 e. The van der Waals surface area contributed by atoms with Gasteiger partial charge in [0.05, 0.1) is 6.04 Å². The molecule has 0 spiro atoms. The molecular formula is C11H25N3O. The summed E-state index contributed by atoms with van der Waals surface area (Å²) in [5.41, 5.74) is 5.74. The Morgan fingerprint density at radius 1 is 1.47 bits per heavy atom. The normalized spacial score (nSPS) is 15.1. The Morgan fingerprint density at radius 3 is 2.53 bits per heavy atom. The molecule has 4 nitrogen and oxygen atoms in total. The van der Waals surface area contributed by atoms with Gasteiger partial charge in [-0.05, 0) is 27.4 Å². The molecule has 0 radical (unpaired) electrons. The van der Waals surface area contributed by atoms with E-state index in [1.165, 1.54) is 0 Å². The molecular weight excluding hydrogens is 190 g/mol. The zero-order valence-electron chi connectivity index (χ0n) is 10.4. The van der Waals surface area contributed by atoms with Gasteiger partial charge in [-0.25, -0.2) is 0 Å². The van der Waals surface area contributed by atoms with E-state index in [0.717, 1.165) is 19.3 Å². The molecule has 0 aromatic rings. The first-order valence-electron chi connectivity index (χ1n) is 5.68. The quantitative estimate of drug-likeness (QED) is 0.653. The van der Waals surface area contributed by atoms with Gasteiger partial charge >= 0.3 is 0 Å². The lowest BCUT2D eigenvalue weighted by Crippen LogP contribution is -2.45. The highest BCUT2D eigenvalue weighted by atomic mass is 16.2. The molecule has 0 aromatic carbocycles. The first kappa shape index (κ1) is 14.4. The number of nitrogens with one attached hydrogen (secondary N) is 1. The average molecular weight is 215 g/mol. The van der Waals surface area contributed by atoms with Crippen LogP contribution in [0.5, 0.6) is 0 Å². The Bertz CT molecular complexity index is 183. The van der Waals surface area contributed by atoms with Crippen LogP contribution in [0.1, 0.15) is 33.1 Å². The van der Waals surface area contributed by atoms with E-state index in [9.17, 15) is 4.79 Å². The second kappa shape index (κ2) is 7.65. The van der Waals surface area contributed by atoms with Crippen molar-refractivity contribution in [2.45, 2.75) is 45.2 Å². The van der Waals surface area contributed by atoms with Gasteiger partial charge in [0.2, 0.25) is 5.91 Å². The minimum absolute atomic E-state index is 0.0304. The second-order valence-electron chi connectivity index (χ2n) is 4.31. The van der Waals surface area contributed by atoms with E-state index in [1.54, 1.807) is 0 Å². The van der Waals surface area contributed by atoms with Crippen LogP contribution in [0.3, 0.4) is 0 Å². The molecule has 3 N–H and O–H groups in total. The molecule has 1 amide bonds. The fraction of sp³-hybridized carbons (Fsp3) is 0.909. The largest absolute Gasteiger partial charge is 0.353 e. The number of amides is 1. The van der Waals surface area contributed by atoms with Crippen LogP contribution >= 0.6 is 0 Å². The number of nitrogens with zero attached hydrogens (tertiary/aromatic N) is 1. The van der Waals surface area contributed by atoms with Crippen molar-refractivity contribution in [3.05, 3.63) is 0 Å². The SMILES string of the molecule is CCCC[C@H](N)C(=O)NCC(C)N(C)C. The predicted octanol–water partition coefficient (Wildman–Crippen LogP) is 0.570. The number of hydrogen-bond donors (Lipinski definition) is 2. The third kappa shape index (κ3) is 6.47. The monoisotopic (exact) mass is 215 g/mol. The Labute approximate surface area is 93.2 Å². The van der Waals surface area contributed by atoms with Gasteiger partial charge < -0.3 is 16.0 Å². The van der Waals surface area contributed by atoms with Crippen molar-refractivity contribution in [3.63, 3.8) is 0 Å². The molecule has 2 atom stereocenters. The summed E-state index contributed by atoms with van der Waals surface area (Å²) in [5, 5.41) is 2.87. The van der Waals surface area contributed by atoms with Gasteiger partial charge in [0.15, 0.2) is 0 Å².